The van der Waals surface area contributed by atoms with Crippen LogP contribution in [0.1, 0.15) is 62.7 Å². The van der Waals surface area contributed by atoms with Crippen molar-refractivity contribution in [2.24, 2.45) is 5.41 Å². The molecule has 1 aliphatic rings. The Balaban J connectivity index is 1.52. The van der Waals surface area contributed by atoms with Crippen molar-refractivity contribution >= 4 is 28.2 Å². The maximum Gasteiger partial charge on any atom is 0.263 e. The van der Waals surface area contributed by atoms with Crippen LogP contribution in [-0.4, -0.2) is 21.7 Å². The number of carbonyl (C=O) groups is 2. The molecule has 6 nitrogen and oxygen atoms in total. The number of H-pyrrole nitrogens is 1. The number of halogens is 1. The van der Waals surface area contributed by atoms with Gasteiger partial charge in [-0.05, 0) is 42.0 Å². The molecule has 4 rings (SSSR count). The molecule has 0 spiro atoms. The first-order valence-corrected chi connectivity index (χ1v) is 10.7. The molecule has 0 saturated carbocycles. The van der Waals surface area contributed by atoms with Crippen molar-refractivity contribution < 1.29 is 14.0 Å². The van der Waals surface area contributed by atoms with Gasteiger partial charge >= 0.3 is 0 Å². The summed E-state index contributed by atoms with van der Waals surface area (Å²) in [6, 6.07) is 6.43. The standard InChI is InChI=1S/C23H22FN3O3S/c1-12-4-5-13(7-17(12)24)6-14-11-25-22(31-14)27-21(30)16-8-15-18(26-20(16)29)9-23(2,3)10-19(15)28/h4-5,7-8,11H,6,9-10H2,1-3H3,(H,26,29)(H,25,27,30). The van der Waals surface area contributed by atoms with Gasteiger partial charge in [-0.1, -0.05) is 26.0 Å². The van der Waals surface area contributed by atoms with Crippen LogP contribution in [0.4, 0.5) is 9.52 Å². The molecule has 1 amide bonds. The fourth-order valence-electron chi connectivity index (χ4n) is 3.76. The molecule has 0 fully saturated rings. The number of aromatic amines is 1. The molecule has 0 aliphatic heterocycles. The lowest BCUT2D eigenvalue weighted by Gasteiger charge is -2.29. The summed E-state index contributed by atoms with van der Waals surface area (Å²) in [7, 11) is 0. The summed E-state index contributed by atoms with van der Waals surface area (Å²) < 4.78 is 13.7. The van der Waals surface area contributed by atoms with Crippen LogP contribution in [0.2, 0.25) is 0 Å². The van der Waals surface area contributed by atoms with E-state index in [1.807, 2.05) is 19.9 Å². The lowest BCUT2D eigenvalue weighted by atomic mass is 9.75. The molecule has 0 unspecified atom stereocenters. The molecule has 31 heavy (non-hydrogen) atoms. The molecule has 3 aromatic rings. The summed E-state index contributed by atoms with van der Waals surface area (Å²) in [5.41, 5.74) is 1.47. The van der Waals surface area contributed by atoms with Crippen LogP contribution in [-0.2, 0) is 12.8 Å². The first-order chi connectivity index (χ1) is 14.6. The Bertz CT molecular complexity index is 1260. The minimum absolute atomic E-state index is 0.0848. The quantitative estimate of drug-likeness (QED) is 0.635. The molecule has 0 saturated heterocycles. The lowest BCUT2D eigenvalue weighted by molar-refractivity contribution is 0.0910. The average Bonchev–Trinajstić information content (AvgIpc) is 3.10. The number of benzene rings is 1. The van der Waals surface area contributed by atoms with Crippen molar-refractivity contribution in [3.8, 4) is 0 Å². The van der Waals surface area contributed by atoms with E-state index < -0.39 is 11.5 Å². The number of ketones is 1. The number of thiazole rings is 1. The maximum absolute atomic E-state index is 13.7. The second-order valence-corrected chi connectivity index (χ2v) is 9.81. The van der Waals surface area contributed by atoms with Crippen LogP contribution in [0, 0.1) is 18.2 Å². The van der Waals surface area contributed by atoms with Gasteiger partial charge in [0.25, 0.3) is 11.5 Å². The van der Waals surface area contributed by atoms with E-state index in [0.717, 1.165) is 10.4 Å². The van der Waals surface area contributed by atoms with E-state index in [-0.39, 0.29) is 22.6 Å². The van der Waals surface area contributed by atoms with Crippen molar-refractivity contribution in [3.05, 3.63) is 79.5 Å². The van der Waals surface area contributed by atoms with Crippen LogP contribution in [0.3, 0.4) is 0 Å². The van der Waals surface area contributed by atoms with Gasteiger partial charge in [-0.2, -0.15) is 0 Å². The zero-order chi connectivity index (χ0) is 22.3. The van der Waals surface area contributed by atoms with Gasteiger partial charge in [-0.15, -0.1) is 11.3 Å². The second kappa shape index (κ2) is 7.85. The number of hydrogen-bond donors (Lipinski definition) is 2. The van der Waals surface area contributed by atoms with E-state index in [1.54, 1.807) is 19.2 Å². The third-order valence-electron chi connectivity index (χ3n) is 5.35. The normalized spacial score (nSPS) is 14.9. The highest BCUT2D eigenvalue weighted by atomic mass is 32.1. The summed E-state index contributed by atoms with van der Waals surface area (Å²) in [5.74, 6) is -0.970. The van der Waals surface area contributed by atoms with Gasteiger partial charge in [0.05, 0.1) is 0 Å². The van der Waals surface area contributed by atoms with E-state index in [9.17, 15) is 18.8 Å². The Morgan fingerprint density at radius 3 is 2.77 bits per heavy atom. The molecule has 160 valence electrons. The number of aryl methyl sites for hydroxylation is 1. The van der Waals surface area contributed by atoms with Crippen LogP contribution >= 0.6 is 11.3 Å². The van der Waals surface area contributed by atoms with E-state index in [4.69, 9.17) is 0 Å². The Hall–Kier alpha value is -3.13. The smallest absolute Gasteiger partial charge is 0.263 e. The number of nitrogens with zero attached hydrogens (tertiary/aromatic N) is 1. The van der Waals surface area contributed by atoms with Gasteiger partial charge in [-0.25, -0.2) is 9.37 Å². The Morgan fingerprint density at radius 1 is 1.26 bits per heavy atom. The summed E-state index contributed by atoms with van der Waals surface area (Å²) in [4.78, 5) is 45.4. The first kappa shape index (κ1) is 21.1. The van der Waals surface area contributed by atoms with Gasteiger partial charge in [0.2, 0.25) is 0 Å². The minimum Gasteiger partial charge on any atom is -0.325 e. The summed E-state index contributed by atoms with van der Waals surface area (Å²) >= 11 is 1.25. The number of rotatable bonds is 4. The van der Waals surface area contributed by atoms with Crippen LogP contribution in [0.15, 0.2) is 35.3 Å². The van der Waals surface area contributed by atoms with Crippen molar-refractivity contribution in [1.82, 2.24) is 9.97 Å². The molecule has 2 aromatic heterocycles. The SMILES string of the molecule is Cc1ccc(Cc2cnc(NC(=O)c3cc4c([nH]c3=O)CC(C)(C)CC4=O)s2)cc1F. The number of aromatic nitrogens is 2. The van der Waals surface area contributed by atoms with Crippen LogP contribution in [0.25, 0.3) is 0 Å². The summed E-state index contributed by atoms with van der Waals surface area (Å²) in [6.45, 7) is 5.64. The Labute approximate surface area is 182 Å². The molecule has 1 aromatic carbocycles. The van der Waals surface area contributed by atoms with Gasteiger partial charge in [-0.3, -0.25) is 19.7 Å². The Kier molecular flexibility index (Phi) is 5.35. The third kappa shape index (κ3) is 4.49. The van der Waals surface area contributed by atoms with E-state index in [2.05, 4.69) is 15.3 Å². The average molecular weight is 440 g/mol. The summed E-state index contributed by atoms with van der Waals surface area (Å²) in [5, 5.41) is 2.96. The first-order valence-electron chi connectivity index (χ1n) is 9.92. The number of Topliss-reactive ketones (excluding diaryl/α,β-unsaturated/α-hetero) is 1. The fourth-order valence-corrected chi connectivity index (χ4v) is 4.60. The Morgan fingerprint density at radius 2 is 2.03 bits per heavy atom. The largest absolute Gasteiger partial charge is 0.325 e. The summed E-state index contributed by atoms with van der Waals surface area (Å²) in [6.07, 6.45) is 3.03. The minimum atomic E-state index is -0.621. The predicted octanol–water partition coefficient (Wildman–Crippen LogP) is 4.28. The van der Waals surface area contributed by atoms with Crippen LogP contribution < -0.4 is 10.9 Å². The zero-order valence-electron chi connectivity index (χ0n) is 17.5. The third-order valence-corrected chi connectivity index (χ3v) is 6.26. The van der Waals surface area contributed by atoms with Crippen molar-refractivity contribution in [2.45, 2.75) is 40.0 Å². The predicted molar refractivity (Wildman–Crippen MR) is 118 cm³/mol. The molecular weight excluding hydrogens is 417 g/mol. The van der Waals surface area contributed by atoms with Crippen molar-refractivity contribution in [1.29, 1.82) is 0 Å². The number of carbonyl (C=O) groups excluding carboxylic acids is 2. The second-order valence-electron chi connectivity index (χ2n) is 8.69. The molecule has 0 radical (unpaired) electrons. The number of anilines is 1. The number of hydrogen-bond acceptors (Lipinski definition) is 5. The molecular formula is C23H22FN3O3S. The number of amides is 1. The number of pyridine rings is 1. The van der Waals surface area contributed by atoms with Gasteiger partial charge in [0, 0.05) is 35.2 Å². The fraction of sp³-hybridized carbons (Fsp3) is 0.304. The van der Waals surface area contributed by atoms with E-state index in [1.165, 1.54) is 23.5 Å². The highest BCUT2D eigenvalue weighted by molar-refractivity contribution is 7.15. The molecule has 2 heterocycles. The van der Waals surface area contributed by atoms with Crippen molar-refractivity contribution in [2.75, 3.05) is 5.32 Å². The maximum atomic E-state index is 13.7. The van der Waals surface area contributed by atoms with Crippen molar-refractivity contribution in [3.63, 3.8) is 0 Å². The van der Waals surface area contributed by atoms with Gasteiger partial charge in [0.1, 0.15) is 11.4 Å². The lowest BCUT2D eigenvalue weighted by Crippen LogP contribution is -2.32. The highest BCUT2D eigenvalue weighted by Gasteiger charge is 2.32. The zero-order valence-corrected chi connectivity index (χ0v) is 18.3. The molecule has 8 heteroatoms. The van der Waals surface area contributed by atoms with Gasteiger partial charge < -0.3 is 4.98 Å². The molecule has 0 atom stereocenters. The molecule has 1 aliphatic carbocycles. The number of nitrogens with one attached hydrogen (secondary N) is 2. The molecule has 2 N–H and O–H groups in total. The topological polar surface area (TPSA) is 91.9 Å². The van der Waals surface area contributed by atoms with E-state index >= 15 is 0 Å². The molecule has 0 bridgehead atoms. The van der Waals surface area contributed by atoms with E-state index in [0.29, 0.717) is 41.2 Å². The highest BCUT2D eigenvalue weighted by Crippen LogP contribution is 2.33. The van der Waals surface area contributed by atoms with Gasteiger partial charge in [0.15, 0.2) is 10.9 Å². The van der Waals surface area contributed by atoms with Crippen LogP contribution in [0.5, 0.6) is 0 Å². The number of fused-ring (bicyclic) bond motifs is 1. The monoisotopic (exact) mass is 439 g/mol.